The number of benzene rings is 2. The first-order valence-corrected chi connectivity index (χ1v) is 19.3. The Labute approximate surface area is 327 Å². The summed E-state index contributed by atoms with van der Waals surface area (Å²) in [6, 6.07) is 11.9. The minimum atomic E-state index is -0.461. The number of ether oxygens (including phenoxy) is 6. The molecule has 0 spiro atoms. The highest BCUT2D eigenvalue weighted by molar-refractivity contribution is 5.88. The lowest BCUT2D eigenvalue weighted by atomic mass is 9.92. The molecule has 2 saturated heterocycles. The van der Waals surface area contributed by atoms with Crippen LogP contribution in [0.1, 0.15) is 78.4 Å². The number of Topliss-reactive ketones (excluding diaryl/α,β-unsaturated/α-hetero) is 1. The van der Waals surface area contributed by atoms with E-state index in [1.807, 2.05) is 82.8 Å². The van der Waals surface area contributed by atoms with Crippen molar-refractivity contribution in [1.29, 1.82) is 0 Å². The number of carbonyl (C=O) groups excluding carboxylic acids is 3. The van der Waals surface area contributed by atoms with Gasteiger partial charge in [0.1, 0.15) is 40.0 Å². The summed E-state index contributed by atoms with van der Waals surface area (Å²) in [7, 11) is 6.58. The van der Waals surface area contributed by atoms with E-state index in [-0.39, 0.29) is 24.0 Å². The highest BCUT2D eigenvalue weighted by Gasteiger charge is 2.44. The number of nitrogens with one attached hydrogen (secondary N) is 1. The van der Waals surface area contributed by atoms with Gasteiger partial charge in [0.25, 0.3) is 0 Å². The maximum Gasteiger partial charge on any atom is 0.410 e. The largest absolute Gasteiger partial charge is 0.497 e. The summed E-state index contributed by atoms with van der Waals surface area (Å²) in [4.78, 5) is 39.5. The lowest BCUT2D eigenvalue weighted by molar-refractivity contribution is -0.127. The molecule has 4 atom stereocenters. The number of methoxy groups -OCH3 is 4. The number of fused-ring (bicyclic) bond motifs is 4. The second kappa shape index (κ2) is 19.1. The van der Waals surface area contributed by atoms with Gasteiger partial charge in [-0.05, 0) is 91.2 Å². The molecule has 306 valence electrons. The van der Waals surface area contributed by atoms with Crippen molar-refractivity contribution < 1.29 is 42.8 Å². The van der Waals surface area contributed by atoms with Crippen LogP contribution in [0, 0.1) is 23.7 Å². The molecule has 4 unspecified atom stereocenters. The molecule has 4 bridgehead atoms. The molecule has 0 radical (unpaired) electrons. The van der Waals surface area contributed by atoms with Gasteiger partial charge in [0.2, 0.25) is 0 Å². The fraction of sp³-hybridized carbons (Fsp3) is 0.643. The van der Waals surface area contributed by atoms with Crippen molar-refractivity contribution in [2.24, 2.45) is 29.4 Å². The Bertz CT molecular complexity index is 1570. The standard InChI is InChI=1S/C21H32N2O4.C12H19NO3.C9H13NO2/c1-21(2,3)27-20(24)23-12-15-6-7-16(13-23)19(15)22-11-14-8-9-17(25-4)10-18(14)26-5;1-12(2,3)16-11(15)13-6-8-4-5-9(7-13)10(8)14;1-11-8-4-3-7(6-10)9(5-8)12-2/h8-10,15-16,19,22H,6-7,11-13H2,1-5H3;8-9H,4-7H2,1-3H3;3-5H,6,10H2,1-2H3. The van der Waals surface area contributed by atoms with Gasteiger partial charge in [-0.2, -0.15) is 0 Å². The molecule has 6 rings (SSSR count). The minimum Gasteiger partial charge on any atom is -0.497 e. The van der Waals surface area contributed by atoms with Crippen molar-refractivity contribution in [2.75, 3.05) is 54.6 Å². The van der Waals surface area contributed by atoms with Gasteiger partial charge in [-0.1, -0.05) is 12.1 Å². The second-order valence-electron chi connectivity index (χ2n) is 16.7. The topological polar surface area (TPSA) is 151 Å². The zero-order valence-electron chi connectivity index (χ0n) is 34.6. The Morgan fingerprint density at radius 3 is 1.53 bits per heavy atom. The molecule has 2 aliphatic heterocycles. The summed E-state index contributed by atoms with van der Waals surface area (Å²) in [6.07, 6.45) is 3.71. The third kappa shape index (κ3) is 12.1. The molecule has 2 heterocycles. The average molecular weight is 769 g/mol. The van der Waals surface area contributed by atoms with E-state index in [4.69, 9.17) is 34.2 Å². The Kier molecular flexibility index (Phi) is 15.1. The number of rotatable bonds is 8. The Morgan fingerprint density at radius 2 is 1.11 bits per heavy atom. The number of nitrogens with zero attached hydrogens (tertiary/aromatic N) is 2. The highest BCUT2D eigenvalue weighted by Crippen LogP contribution is 2.38. The van der Waals surface area contributed by atoms with Crippen LogP contribution in [0.2, 0.25) is 0 Å². The van der Waals surface area contributed by atoms with Gasteiger partial charge in [-0.25, -0.2) is 9.59 Å². The minimum absolute atomic E-state index is 0.0614. The lowest BCUT2D eigenvalue weighted by Crippen LogP contribution is -2.53. The van der Waals surface area contributed by atoms with Gasteiger partial charge < -0.3 is 49.3 Å². The third-order valence-corrected chi connectivity index (χ3v) is 10.4. The molecule has 13 heteroatoms. The first-order valence-electron chi connectivity index (χ1n) is 19.3. The van der Waals surface area contributed by atoms with Crippen molar-refractivity contribution in [3.8, 4) is 23.0 Å². The average Bonchev–Trinajstić information content (AvgIpc) is 3.47. The lowest BCUT2D eigenvalue weighted by Gasteiger charge is -2.39. The van der Waals surface area contributed by atoms with Crippen molar-refractivity contribution in [3.63, 3.8) is 0 Å². The molecule has 3 N–H and O–H groups in total. The Balaban J connectivity index is 0.000000203. The molecule has 2 aliphatic carbocycles. The van der Waals surface area contributed by atoms with Crippen molar-refractivity contribution in [3.05, 3.63) is 47.5 Å². The second-order valence-corrected chi connectivity index (χ2v) is 16.7. The van der Waals surface area contributed by atoms with Gasteiger partial charge >= 0.3 is 12.2 Å². The van der Waals surface area contributed by atoms with Crippen LogP contribution in [0.25, 0.3) is 0 Å². The number of nitrogens with two attached hydrogens (primary N) is 1. The molecular formula is C42H64N4O9. The SMILES string of the molecule is CC(C)(C)OC(=O)N1CC2CCC(C1)C2=O.COc1ccc(CN)c(OC)c1.COc1ccc(CNC2C3CCC2CN(C(=O)OC(C)(C)C)C3)c(OC)c1. The van der Waals surface area contributed by atoms with Gasteiger partial charge in [-0.15, -0.1) is 0 Å². The molecule has 2 saturated carbocycles. The number of hydrogen-bond acceptors (Lipinski definition) is 11. The van der Waals surface area contributed by atoms with Crippen LogP contribution in [0.3, 0.4) is 0 Å². The van der Waals surface area contributed by atoms with E-state index in [0.29, 0.717) is 43.3 Å². The van der Waals surface area contributed by atoms with Crippen LogP contribution < -0.4 is 30.0 Å². The molecule has 4 fully saturated rings. The number of amides is 2. The number of hydrogen-bond donors (Lipinski definition) is 2. The Hall–Kier alpha value is -4.23. The van der Waals surface area contributed by atoms with E-state index in [9.17, 15) is 14.4 Å². The van der Waals surface area contributed by atoms with E-state index in [1.54, 1.807) is 33.3 Å². The molecule has 55 heavy (non-hydrogen) atoms. The van der Waals surface area contributed by atoms with Gasteiger partial charge in [0.05, 0.1) is 28.4 Å². The molecule has 2 aromatic carbocycles. The number of likely N-dealkylation sites (tertiary alicyclic amines) is 2. The number of piperidine rings is 2. The highest BCUT2D eigenvalue weighted by atomic mass is 16.6. The van der Waals surface area contributed by atoms with E-state index >= 15 is 0 Å². The molecule has 2 aromatic rings. The predicted molar refractivity (Wildman–Crippen MR) is 211 cm³/mol. The third-order valence-electron chi connectivity index (χ3n) is 10.4. The van der Waals surface area contributed by atoms with Gasteiger partial charge in [-0.3, -0.25) is 4.79 Å². The van der Waals surface area contributed by atoms with Crippen molar-refractivity contribution >= 4 is 18.0 Å². The summed E-state index contributed by atoms with van der Waals surface area (Å²) in [5, 5.41) is 3.72. The number of ketones is 1. The first-order chi connectivity index (χ1) is 26.0. The quantitative estimate of drug-likeness (QED) is 0.306. The fourth-order valence-corrected chi connectivity index (χ4v) is 7.74. The normalized spacial score (nSPS) is 22.7. The van der Waals surface area contributed by atoms with E-state index in [2.05, 4.69) is 5.32 Å². The zero-order valence-corrected chi connectivity index (χ0v) is 34.6. The fourth-order valence-electron chi connectivity index (χ4n) is 7.74. The molecule has 4 aliphatic rings. The summed E-state index contributed by atoms with van der Waals surface area (Å²) in [5.74, 6) is 4.60. The van der Waals surface area contributed by atoms with Crippen molar-refractivity contribution in [2.45, 2.75) is 97.6 Å². The summed E-state index contributed by atoms with van der Waals surface area (Å²) >= 11 is 0. The predicted octanol–water partition coefficient (Wildman–Crippen LogP) is 6.43. The van der Waals surface area contributed by atoms with E-state index in [1.165, 1.54) is 0 Å². The zero-order chi connectivity index (χ0) is 40.5. The summed E-state index contributed by atoms with van der Waals surface area (Å²) in [5.41, 5.74) is 6.69. The van der Waals surface area contributed by atoms with E-state index in [0.717, 1.165) is 79.4 Å². The number of carbonyl (C=O) groups is 3. The van der Waals surface area contributed by atoms with Crippen LogP contribution in [-0.4, -0.2) is 99.6 Å². The van der Waals surface area contributed by atoms with Crippen molar-refractivity contribution in [1.82, 2.24) is 15.1 Å². The Morgan fingerprint density at radius 1 is 0.673 bits per heavy atom. The monoisotopic (exact) mass is 768 g/mol. The molecule has 13 nitrogen and oxygen atoms in total. The van der Waals surface area contributed by atoms with Crippen LogP contribution in [-0.2, 0) is 27.4 Å². The molecule has 2 amide bonds. The van der Waals surface area contributed by atoms with Crippen LogP contribution in [0.5, 0.6) is 23.0 Å². The summed E-state index contributed by atoms with van der Waals surface area (Å²) < 4.78 is 31.8. The molecular weight excluding hydrogens is 704 g/mol. The maximum atomic E-state index is 12.4. The summed E-state index contributed by atoms with van der Waals surface area (Å²) in [6.45, 7) is 15.2. The molecule has 0 aromatic heterocycles. The van der Waals surface area contributed by atoms with Gasteiger partial charge in [0.15, 0.2) is 0 Å². The first kappa shape index (κ1) is 43.5. The maximum absolute atomic E-state index is 12.4. The van der Waals surface area contributed by atoms with Crippen LogP contribution in [0.15, 0.2) is 36.4 Å². The van der Waals surface area contributed by atoms with Crippen LogP contribution in [0.4, 0.5) is 9.59 Å². The van der Waals surface area contributed by atoms with Gasteiger partial charge in [0, 0.05) is 80.4 Å². The smallest absolute Gasteiger partial charge is 0.410 e. The van der Waals surface area contributed by atoms with E-state index < -0.39 is 11.2 Å². The van der Waals surface area contributed by atoms with Crippen LogP contribution >= 0.6 is 0 Å².